The van der Waals surface area contributed by atoms with Gasteiger partial charge in [0.05, 0.1) is 0 Å². The van der Waals surface area contributed by atoms with Crippen LogP contribution < -0.4 is 0 Å². The van der Waals surface area contributed by atoms with E-state index in [0.29, 0.717) is 5.92 Å². The molecule has 18 heavy (non-hydrogen) atoms. The lowest BCUT2D eigenvalue weighted by Crippen LogP contribution is -2.59. The topological polar surface area (TPSA) is 23.5 Å². The third kappa shape index (κ3) is 2.76. The van der Waals surface area contributed by atoms with E-state index in [0.717, 1.165) is 19.3 Å². The van der Waals surface area contributed by atoms with Crippen LogP contribution in [0.4, 0.5) is 0 Å². The van der Waals surface area contributed by atoms with Crippen LogP contribution in [-0.2, 0) is 6.42 Å². The number of benzene rings is 1. The van der Waals surface area contributed by atoms with E-state index in [4.69, 9.17) is 0 Å². The van der Waals surface area contributed by atoms with Crippen molar-refractivity contribution < 1.29 is 5.21 Å². The van der Waals surface area contributed by atoms with E-state index >= 15 is 0 Å². The molecule has 1 aliphatic rings. The maximum Gasteiger partial charge on any atom is 0.0413 e. The third-order valence-electron chi connectivity index (χ3n) is 4.09. The first kappa shape index (κ1) is 13.6. The Kier molecular flexibility index (Phi) is 3.52. The quantitative estimate of drug-likeness (QED) is 0.857. The summed E-state index contributed by atoms with van der Waals surface area (Å²) in [5.41, 5.74) is 1.13. The van der Waals surface area contributed by atoms with E-state index in [9.17, 15) is 5.21 Å². The molecular formula is C16H25NO. The van der Waals surface area contributed by atoms with Gasteiger partial charge in [-0.1, -0.05) is 30.3 Å². The van der Waals surface area contributed by atoms with Gasteiger partial charge in [-0.25, -0.2) is 0 Å². The summed E-state index contributed by atoms with van der Waals surface area (Å²) in [4.78, 5) is 0. The van der Waals surface area contributed by atoms with Crippen molar-refractivity contribution in [3.8, 4) is 0 Å². The summed E-state index contributed by atoms with van der Waals surface area (Å²) < 4.78 is 0. The van der Waals surface area contributed by atoms with Gasteiger partial charge >= 0.3 is 0 Å². The largest absolute Gasteiger partial charge is 0.313 e. The Morgan fingerprint density at radius 1 is 1.06 bits per heavy atom. The molecule has 0 amide bonds. The van der Waals surface area contributed by atoms with Crippen LogP contribution in [0, 0.1) is 5.92 Å². The summed E-state index contributed by atoms with van der Waals surface area (Å²) >= 11 is 0. The molecule has 0 radical (unpaired) electrons. The van der Waals surface area contributed by atoms with Crippen molar-refractivity contribution in [2.75, 3.05) is 0 Å². The average molecular weight is 247 g/mol. The van der Waals surface area contributed by atoms with Crippen LogP contribution in [0.25, 0.3) is 0 Å². The van der Waals surface area contributed by atoms with Crippen LogP contribution in [-0.4, -0.2) is 21.3 Å². The van der Waals surface area contributed by atoms with Crippen LogP contribution in [0.15, 0.2) is 30.3 Å². The van der Waals surface area contributed by atoms with E-state index in [2.05, 4.69) is 58.0 Å². The summed E-state index contributed by atoms with van der Waals surface area (Å²) in [6.07, 6.45) is 3.20. The van der Waals surface area contributed by atoms with Gasteiger partial charge in [0.2, 0.25) is 0 Å². The van der Waals surface area contributed by atoms with Gasteiger partial charge < -0.3 is 5.21 Å². The zero-order valence-corrected chi connectivity index (χ0v) is 12.0. The molecule has 1 aromatic rings. The fourth-order valence-electron chi connectivity index (χ4n) is 3.57. The molecule has 1 aromatic carbocycles. The second kappa shape index (κ2) is 4.67. The smallest absolute Gasteiger partial charge is 0.0413 e. The average Bonchev–Trinajstić information content (AvgIpc) is 2.26. The van der Waals surface area contributed by atoms with E-state index in [-0.39, 0.29) is 11.1 Å². The van der Waals surface area contributed by atoms with Gasteiger partial charge in [-0.15, -0.1) is 0 Å². The first-order valence-corrected chi connectivity index (χ1v) is 6.84. The molecule has 0 aliphatic carbocycles. The Bertz CT molecular complexity index is 379. The summed E-state index contributed by atoms with van der Waals surface area (Å²) in [5.74, 6) is 0.640. The maximum absolute atomic E-state index is 10.3. The molecular weight excluding hydrogens is 222 g/mol. The molecule has 2 nitrogen and oxygen atoms in total. The molecule has 1 saturated heterocycles. The molecule has 0 aromatic heterocycles. The van der Waals surface area contributed by atoms with Gasteiger partial charge in [-0.05, 0) is 58.4 Å². The highest BCUT2D eigenvalue weighted by Gasteiger charge is 2.44. The highest BCUT2D eigenvalue weighted by atomic mass is 16.5. The van der Waals surface area contributed by atoms with Crippen molar-refractivity contribution in [2.24, 2.45) is 5.92 Å². The van der Waals surface area contributed by atoms with Crippen molar-refractivity contribution >= 4 is 0 Å². The summed E-state index contributed by atoms with van der Waals surface area (Å²) in [7, 11) is 0. The van der Waals surface area contributed by atoms with E-state index in [1.165, 1.54) is 5.56 Å². The molecule has 0 spiro atoms. The number of nitrogens with zero attached hydrogens (tertiary/aromatic N) is 1. The van der Waals surface area contributed by atoms with Crippen LogP contribution in [0.2, 0.25) is 0 Å². The molecule has 1 heterocycles. The van der Waals surface area contributed by atoms with Gasteiger partial charge in [0.15, 0.2) is 0 Å². The summed E-state index contributed by atoms with van der Waals surface area (Å²) in [6.45, 7) is 8.52. The third-order valence-corrected chi connectivity index (χ3v) is 4.09. The van der Waals surface area contributed by atoms with Gasteiger partial charge in [-0.2, -0.15) is 5.06 Å². The molecule has 1 N–H and O–H groups in total. The fraction of sp³-hybridized carbons (Fsp3) is 0.625. The van der Waals surface area contributed by atoms with E-state index < -0.39 is 0 Å². The zero-order valence-electron chi connectivity index (χ0n) is 12.0. The van der Waals surface area contributed by atoms with E-state index in [1.807, 2.05) is 0 Å². The van der Waals surface area contributed by atoms with Crippen molar-refractivity contribution in [1.29, 1.82) is 0 Å². The standard InChI is InChI=1S/C16H25NO/c1-15(2)11-14(12-16(3,4)17(15)18)10-13-8-6-5-7-9-13/h5-9,14,18H,10-12H2,1-4H3. The SMILES string of the molecule is CC1(C)CC(Cc2ccccc2)CC(C)(C)N1O. The molecule has 1 fully saturated rings. The molecule has 0 saturated carbocycles. The van der Waals surface area contributed by atoms with Gasteiger partial charge in [0.1, 0.15) is 0 Å². The predicted molar refractivity (Wildman–Crippen MR) is 74.7 cm³/mol. The molecule has 2 rings (SSSR count). The summed E-state index contributed by atoms with van der Waals surface area (Å²) in [6, 6.07) is 10.7. The first-order chi connectivity index (χ1) is 8.31. The fourth-order valence-corrected chi connectivity index (χ4v) is 3.57. The number of rotatable bonds is 2. The van der Waals surface area contributed by atoms with E-state index in [1.54, 1.807) is 5.06 Å². The van der Waals surface area contributed by atoms with Gasteiger partial charge in [0.25, 0.3) is 0 Å². The lowest BCUT2D eigenvalue weighted by atomic mass is 9.73. The van der Waals surface area contributed by atoms with Gasteiger partial charge in [0, 0.05) is 11.1 Å². The minimum atomic E-state index is -0.138. The summed E-state index contributed by atoms with van der Waals surface area (Å²) in [5, 5.41) is 11.8. The first-order valence-electron chi connectivity index (χ1n) is 6.84. The molecule has 0 unspecified atom stereocenters. The highest BCUT2D eigenvalue weighted by molar-refractivity contribution is 5.16. The Labute approximate surface area is 111 Å². The van der Waals surface area contributed by atoms with Crippen molar-refractivity contribution in [3.63, 3.8) is 0 Å². The van der Waals surface area contributed by atoms with Crippen molar-refractivity contribution in [1.82, 2.24) is 5.06 Å². The van der Waals surface area contributed by atoms with Crippen LogP contribution in [0.3, 0.4) is 0 Å². The minimum Gasteiger partial charge on any atom is -0.313 e. The highest BCUT2D eigenvalue weighted by Crippen LogP contribution is 2.41. The number of piperidine rings is 1. The zero-order chi connectivity index (χ0) is 13.4. The predicted octanol–water partition coefficient (Wildman–Crippen LogP) is 3.89. The van der Waals surface area contributed by atoms with Crippen LogP contribution in [0.1, 0.15) is 46.1 Å². The number of hydrogen-bond acceptors (Lipinski definition) is 2. The molecule has 0 atom stereocenters. The Balaban J connectivity index is 2.12. The number of hydrogen-bond donors (Lipinski definition) is 1. The van der Waals surface area contributed by atoms with Crippen LogP contribution in [0.5, 0.6) is 0 Å². The lowest BCUT2D eigenvalue weighted by molar-refractivity contribution is -0.250. The molecule has 1 aliphatic heterocycles. The molecule has 2 heteroatoms. The Hall–Kier alpha value is -0.860. The van der Waals surface area contributed by atoms with Crippen LogP contribution >= 0.6 is 0 Å². The second-order valence-electron chi connectivity index (χ2n) is 6.90. The van der Waals surface area contributed by atoms with Crippen molar-refractivity contribution in [3.05, 3.63) is 35.9 Å². The van der Waals surface area contributed by atoms with Gasteiger partial charge in [-0.3, -0.25) is 0 Å². The van der Waals surface area contributed by atoms with Crippen molar-refractivity contribution in [2.45, 2.75) is 58.0 Å². The Morgan fingerprint density at radius 3 is 2.06 bits per heavy atom. The second-order valence-corrected chi connectivity index (χ2v) is 6.90. The Morgan fingerprint density at radius 2 is 1.56 bits per heavy atom. The molecule has 100 valence electrons. The minimum absolute atomic E-state index is 0.138. The monoisotopic (exact) mass is 247 g/mol. The normalized spacial score (nSPS) is 24.1. The maximum atomic E-state index is 10.3. The number of hydroxylamine groups is 2. The molecule has 0 bridgehead atoms. The lowest BCUT2D eigenvalue weighted by Gasteiger charge is -2.51.